The van der Waals surface area contributed by atoms with E-state index in [1.165, 1.54) is 12.8 Å². The summed E-state index contributed by atoms with van der Waals surface area (Å²) in [6.45, 7) is 0. The molecule has 0 amide bonds. The number of nitrogens with zero attached hydrogens (tertiary/aromatic N) is 3. The van der Waals surface area contributed by atoms with Crippen molar-refractivity contribution in [2.24, 2.45) is 0 Å². The molecule has 4 rings (SSSR count). The molecule has 0 unspecified atom stereocenters. The fraction of sp³-hybridized carbons (Fsp3) is 0.214. The van der Waals surface area contributed by atoms with Gasteiger partial charge in [0.15, 0.2) is 4.77 Å². The summed E-state index contributed by atoms with van der Waals surface area (Å²) in [6.07, 6.45) is 4.25. The van der Waals surface area contributed by atoms with Gasteiger partial charge in [-0.2, -0.15) is 5.10 Å². The minimum atomic E-state index is 0.541. The standard InChI is InChI=1S/C14H12N4S/c19-14-17-16-13(9-5-6-9)18(14)11-7-10-3-1-2-4-12(10)15-8-11/h1-4,7-9H,5-6H2,(H,17,19). The second-order valence-electron chi connectivity index (χ2n) is 4.88. The van der Waals surface area contributed by atoms with E-state index >= 15 is 0 Å². The van der Waals surface area contributed by atoms with Crippen molar-refractivity contribution in [3.63, 3.8) is 0 Å². The first-order valence-corrected chi connectivity index (χ1v) is 6.76. The number of para-hydroxylation sites is 1. The Bertz CT molecular complexity index is 813. The van der Waals surface area contributed by atoms with Gasteiger partial charge in [0.2, 0.25) is 0 Å². The molecule has 1 aliphatic carbocycles. The van der Waals surface area contributed by atoms with E-state index in [0.29, 0.717) is 10.7 Å². The Hall–Kier alpha value is -2.01. The maximum Gasteiger partial charge on any atom is 0.199 e. The average molecular weight is 268 g/mol. The number of hydrogen-bond donors (Lipinski definition) is 1. The molecule has 4 nitrogen and oxygen atoms in total. The highest BCUT2D eigenvalue weighted by molar-refractivity contribution is 7.71. The zero-order valence-electron chi connectivity index (χ0n) is 10.2. The molecule has 1 aromatic carbocycles. The van der Waals surface area contributed by atoms with E-state index in [1.807, 2.05) is 29.0 Å². The Morgan fingerprint density at radius 2 is 2.11 bits per heavy atom. The van der Waals surface area contributed by atoms with Gasteiger partial charge in [-0.25, -0.2) is 0 Å². The van der Waals surface area contributed by atoms with Gasteiger partial charge >= 0.3 is 0 Å². The van der Waals surface area contributed by atoms with Crippen molar-refractivity contribution in [1.82, 2.24) is 19.7 Å². The quantitative estimate of drug-likeness (QED) is 0.725. The van der Waals surface area contributed by atoms with Crippen LogP contribution in [0, 0.1) is 4.77 Å². The average Bonchev–Trinajstić information content (AvgIpc) is 3.21. The zero-order chi connectivity index (χ0) is 12.8. The number of fused-ring (bicyclic) bond motifs is 1. The molecule has 1 N–H and O–H groups in total. The summed E-state index contributed by atoms with van der Waals surface area (Å²) in [4.78, 5) is 4.49. The lowest BCUT2D eigenvalue weighted by molar-refractivity contribution is 0.867. The van der Waals surface area contributed by atoms with Gasteiger partial charge in [0, 0.05) is 11.3 Å². The van der Waals surface area contributed by atoms with Crippen LogP contribution in [0.5, 0.6) is 0 Å². The van der Waals surface area contributed by atoms with Gasteiger partial charge in [-0.3, -0.25) is 14.6 Å². The van der Waals surface area contributed by atoms with E-state index < -0.39 is 0 Å². The van der Waals surface area contributed by atoms with Gasteiger partial charge in [-0.15, -0.1) is 0 Å². The predicted molar refractivity (Wildman–Crippen MR) is 76.0 cm³/mol. The third-order valence-electron chi connectivity index (χ3n) is 3.48. The molecule has 0 spiro atoms. The third-order valence-corrected chi connectivity index (χ3v) is 3.75. The van der Waals surface area contributed by atoms with Crippen LogP contribution in [0.25, 0.3) is 16.6 Å². The molecule has 1 fully saturated rings. The number of H-pyrrole nitrogens is 1. The van der Waals surface area contributed by atoms with E-state index in [1.54, 1.807) is 0 Å². The smallest absolute Gasteiger partial charge is 0.199 e. The maximum atomic E-state index is 5.34. The molecule has 1 aliphatic rings. The van der Waals surface area contributed by atoms with Gasteiger partial charge in [0.1, 0.15) is 5.82 Å². The lowest BCUT2D eigenvalue weighted by atomic mass is 10.2. The summed E-state index contributed by atoms with van der Waals surface area (Å²) in [6, 6.07) is 10.2. The van der Waals surface area contributed by atoms with Crippen LogP contribution in [0.4, 0.5) is 0 Å². The number of nitrogens with one attached hydrogen (secondary N) is 1. The first-order valence-electron chi connectivity index (χ1n) is 6.35. The van der Waals surface area contributed by atoms with Crippen LogP contribution in [-0.4, -0.2) is 19.7 Å². The van der Waals surface area contributed by atoms with Gasteiger partial charge in [-0.1, -0.05) is 18.2 Å². The molecule has 0 bridgehead atoms. The highest BCUT2D eigenvalue weighted by atomic mass is 32.1. The van der Waals surface area contributed by atoms with Crippen LogP contribution in [0.15, 0.2) is 36.5 Å². The Morgan fingerprint density at radius 1 is 1.26 bits per heavy atom. The molecule has 3 aromatic rings. The highest BCUT2D eigenvalue weighted by Gasteiger charge is 2.29. The number of pyridine rings is 1. The predicted octanol–water partition coefficient (Wildman–Crippen LogP) is 3.36. The van der Waals surface area contributed by atoms with Crippen molar-refractivity contribution in [1.29, 1.82) is 0 Å². The van der Waals surface area contributed by atoms with Crippen molar-refractivity contribution < 1.29 is 0 Å². The minimum Gasteiger partial charge on any atom is -0.270 e. The molecule has 94 valence electrons. The number of aromatic nitrogens is 4. The van der Waals surface area contributed by atoms with E-state index in [4.69, 9.17) is 12.2 Å². The number of hydrogen-bond acceptors (Lipinski definition) is 3. The third kappa shape index (κ3) is 1.77. The summed E-state index contributed by atoms with van der Waals surface area (Å²) < 4.78 is 2.64. The molecule has 0 saturated heterocycles. The summed E-state index contributed by atoms with van der Waals surface area (Å²) in [5.74, 6) is 1.57. The van der Waals surface area contributed by atoms with Crippen LogP contribution in [0.2, 0.25) is 0 Å². The van der Waals surface area contributed by atoms with Crippen molar-refractivity contribution in [3.05, 3.63) is 47.1 Å². The molecule has 5 heteroatoms. The van der Waals surface area contributed by atoms with Gasteiger partial charge in [0.25, 0.3) is 0 Å². The van der Waals surface area contributed by atoms with Crippen molar-refractivity contribution in [3.8, 4) is 5.69 Å². The largest absolute Gasteiger partial charge is 0.270 e. The molecule has 1 saturated carbocycles. The first kappa shape index (κ1) is 10.9. The number of benzene rings is 1. The fourth-order valence-electron chi connectivity index (χ4n) is 2.36. The minimum absolute atomic E-state index is 0.541. The van der Waals surface area contributed by atoms with Crippen LogP contribution in [0.1, 0.15) is 24.6 Å². The van der Waals surface area contributed by atoms with E-state index in [2.05, 4.69) is 27.3 Å². The number of rotatable bonds is 2. The lowest BCUT2D eigenvalue weighted by Gasteiger charge is -2.06. The highest BCUT2D eigenvalue weighted by Crippen LogP contribution is 2.39. The molecule has 2 heterocycles. The molecule has 19 heavy (non-hydrogen) atoms. The molecule has 0 aliphatic heterocycles. The lowest BCUT2D eigenvalue weighted by Crippen LogP contribution is -2.00. The summed E-state index contributed by atoms with van der Waals surface area (Å²) in [5, 5.41) is 8.36. The van der Waals surface area contributed by atoms with Crippen LogP contribution >= 0.6 is 12.2 Å². The maximum absolute atomic E-state index is 5.34. The second-order valence-corrected chi connectivity index (χ2v) is 5.27. The summed E-state index contributed by atoms with van der Waals surface area (Å²) >= 11 is 5.34. The Morgan fingerprint density at radius 3 is 2.95 bits per heavy atom. The van der Waals surface area contributed by atoms with E-state index in [-0.39, 0.29) is 0 Å². The summed E-state index contributed by atoms with van der Waals surface area (Å²) in [5.41, 5.74) is 1.98. The molecule has 2 aromatic heterocycles. The van der Waals surface area contributed by atoms with E-state index in [9.17, 15) is 0 Å². The molecular formula is C14H12N4S. The van der Waals surface area contributed by atoms with Crippen molar-refractivity contribution in [2.75, 3.05) is 0 Å². The Balaban J connectivity index is 1.94. The van der Waals surface area contributed by atoms with Crippen molar-refractivity contribution >= 4 is 23.1 Å². The zero-order valence-corrected chi connectivity index (χ0v) is 11.0. The second kappa shape index (κ2) is 3.99. The van der Waals surface area contributed by atoms with Gasteiger partial charge < -0.3 is 0 Å². The topological polar surface area (TPSA) is 46.5 Å². The van der Waals surface area contributed by atoms with Crippen LogP contribution in [-0.2, 0) is 0 Å². The van der Waals surface area contributed by atoms with Crippen LogP contribution in [0.3, 0.4) is 0 Å². The number of aromatic amines is 1. The normalized spacial score (nSPS) is 14.9. The fourth-order valence-corrected chi connectivity index (χ4v) is 2.60. The molecular weight excluding hydrogens is 256 g/mol. The SMILES string of the molecule is S=c1[nH]nc(C2CC2)n1-c1cnc2ccccc2c1. The Labute approximate surface area is 115 Å². The van der Waals surface area contributed by atoms with E-state index in [0.717, 1.165) is 22.4 Å². The summed E-state index contributed by atoms with van der Waals surface area (Å²) in [7, 11) is 0. The van der Waals surface area contributed by atoms with Crippen molar-refractivity contribution in [2.45, 2.75) is 18.8 Å². The van der Waals surface area contributed by atoms with Gasteiger partial charge in [0.05, 0.1) is 17.4 Å². The Kier molecular flexibility index (Phi) is 2.29. The molecule has 0 radical (unpaired) electrons. The van der Waals surface area contributed by atoms with Crippen LogP contribution < -0.4 is 0 Å². The first-order chi connectivity index (χ1) is 9.33. The molecule has 0 atom stereocenters. The monoisotopic (exact) mass is 268 g/mol. The van der Waals surface area contributed by atoms with Gasteiger partial charge in [-0.05, 0) is 37.2 Å².